The van der Waals surface area contributed by atoms with E-state index in [2.05, 4.69) is 10.3 Å². The number of rotatable bonds is 1. The summed E-state index contributed by atoms with van der Waals surface area (Å²) in [5, 5.41) is 3.35. The third-order valence-electron chi connectivity index (χ3n) is 2.44. The Bertz CT molecular complexity index is 343. The van der Waals surface area contributed by atoms with Crippen LogP contribution in [0.2, 0.25) is 0 Å². The summed E-state index contributed by atoms with van der Waals surface area (Å²) in [5.41, 5.74) is 2.15. The third-order valence-corrected chi connectivity index (χ3v) is 2.44. The molecule has 0 fully saturated rings. The molecule has 2 rings (SSSR count). The maximum atomic E-state index is 12.7. The number of nitrogens with one attached hydrogen (secondary N) is 1. The van der Waals surface area contributed by atoms with Crippen molar-refractivity contribution >= 4 is 5.71 Å². The standard InChI is InChI=1S/C11H13FN2/c1-8-11(14-7-6-13-8)9-2-4-10(12)5-3-9/h2-5,11,14H,6-7H2,1H3/t11-/m0/s1. The molecule has 1 aromatic rings. The van der Waals surface area contributed by atoms with E-state index in [1.54, 1.807) is 12.1 Å². The Morgan fingerprint density at radius 1 is 1.36 bits per heavy atom. The summed E-state index contributed by atoms with van der Waals surface area (Å²) in [6.45, 7) is 3.73. The van der Waals surface area contributed by atoms with Gasteiger partial charge >= 0.3 is 0 Å². The van der Waals surface area contributed by atoms with Gasteiger partial charge < -0.3 is 5.32 Å². The normalized spacial score (nSPS) is 21.9. The van der Waals surface area contributed by atoms with Crippen LogP contribution in [0.25, 0.3) is 0 Å². The van der Waals surface area contributed by atoms with Crippen molar-refractivity contribution in [3.05, 3.63) is 35.6 Å². The number of hydrogen-bond acceptors (Lipinski definition) is 2. The molecule has 0 spiro atoms. The predicted octanol–water partition coefficient (Wildman–Crippen LogP) is 1.93. The maximum Gasteiger partial charge on any atom is 0.123 e. The van der Waals surface area contributed by atoms with Crippen molar-refractivity contribution in [1.29, 1.82) is 0 Å². The smallest absolute Gasteiger partial charge is 0.123 e. The number of benzene rings is 1. The molecule has 1 N–H and O–H groups in total. The summed E-state index contributed by atoms with van der Waals surface area (Å²) in [6.07, 6.45) is 0. The fraction of sp³-hybridized carbons (Fsp3) is 0.364. The highest BCUT2D eigenvalue weighted by Gasteiger charge is 2.16. The zero-order valence-corrected chi connectivity index (χ0v) is 8.13. The summed E-state index contributed by atoms with van der Waals surface area (Å²) in [4.78, 5) is 4.37. The second kappa shape index (κ2) is 3.88. The molecule has 0 aliphatic carbocycles. The first-order chi connectivity index (χ1) is 6.77. The van der Waals surface area contributed by atoms with Crippen molar-refractivity contribution in [2.45, 2.75) is 13.0 Å². The highest BCUT2D eigenvalue weighted by molar-refractivity contribution is 5.88. The van der Waals surface area contributed by atoms with Crippen LogP contribution in [0.5, 0.6) is 0 Å². The minimum atomic E-state index is -0.195. The molecule has 1 aromatic carbocycles. The second-order valence-electron chi connectivity index (χ2n) is 3.46. The molecule has 0 bridgehead atoms. The lowest BCUT2D eigenvalue weighted by atomic mass is 10.0. The van der Waals surface area contributed by atoms with Gasteiger partial charge in [-0.05, 0) is 24.6 Å². The molecule has 0 aromatic heterocycles. The van der Waals surface area contributed by atoms with Gasteiger partial charge in [-0.1, -0.05) is 12.1 Å². The monoisotopic (exact) mass is 192 g/mol. The minimum Gasteiger partial charge on any atom is -0.303 e. The Kier molecular flexibility index (Phi) is 2.59. The Hall–Kier alpha value is -1.22. The maximum absolute atomic E-state index is 12.7. The number of hydrogen-bond donors (Lipinski definition) is 1. The zero-order chi connectivity index (χ0) is 9.97. The van der Waals surface area contributed by atoms with Crippen molar-refractivity contribution in [1.82, 2.24) is 5.32 Å². The van der Waals surface area contributed by atoms with Gasteiger partial charge in [0.25, 0.3) is 0 Å². The Labute approximate surface area is 82.9 Å². The minimum absolute atomic E-state index is 0.157. The fourth-order valence-electron chi connectivity index (χ4n) is 1.69. The Morgan fingerprint density at radius 2 is 2.07 bits per heavy atom. The van der Waals surface area contributed by atoms with Gasteiger partial charge in [0, 0.05) is 12.3 Å². The first-order valence-electron chi connectivity index (χ1n) is 4.77. The van der Waals surface area contributed by atoms with Gasteiger partial charge in [-0.15, -0.1) is 0 Å². The lowest BCUT2D eigenvalue weighted by Crippen LogP contribution is -2.33. The van der Waals surface area contributed by atoms with Crippen molar-refractivity contribution in [2.24, 2.45) is 4.99 Å². The molecule has 0 amide bonds. The van der Waals surface area contributed by atoms with Crippen molar-refractivity contribution in [3.63, 3.8) is 0 Å². The van der Waals surface area contributed by atoms with Crippen LogP contribution in [0.1, 0.15) is 18.5 Å². The summed E-state index contributed by atoms with van der Waals surface area (Å²) in [5.74, 6) is -0.195. The van der Waals surface area contributed by atoms with Crippen molar-refractivity contribution < 1.29 is 4.39 Å². The van der Waals surface area contributed by atoms with E-state index in [0.717, 1.165) is 24.4 Å². The van der Waals surface area contributed by atoms with E-state index in [1.807, 2.05) is 6.92 Å². The third kappa shape index (κ3) is 1.82. The van der Waals surface area contributed by atoms with E-state index in [0.29, 0.717) is 0 Å². The van der Waals surface area contributed by atoms with Crippen LogP contribution >= 0.6 is 0 Å². The molecule has 74 valence electrons. The first-order valence-corrected chi connectivity index (χ1v) is 4.77. The van der Waals surface area contributed by atoms with Gasteiger partial charge in [0.05, 0.1) is 12.6 Å². The molecule has 1 atom stereocenters. The molecular formula is C11H13FN2. The molecule has 14 heavy (non-hydrogen) atoms. The van der Waals surface area contributed by atoms with Crippen LogP contribution in [-0.2, 0) is 0 Å². The van der Waals surface area contributed by atoms with E-state index >= 15 is 0 Å². The average molecular weight is 192 g/mol. The molecule has 1 heterocycles. The Morgan fingerprint density at radius 3 is 2.71 bits per heavy atom. The second-order valence-corrected chi connectivity index (χ2v) is 3.46. The molecule has 3 heteroatoms. The average Bonchev–Trinajstić information content (AvgIpc) is 2.20. The largest absolute Gasteiger partial charge is 0.303 e. The van der Waals surface area contributed by atoms with Crippen LogP contribution in [-0.4, -0.2) is 18.8 Å². The predicted molar refractivity (Wildman–Crippen MR) is 55.1 cm³/mol. The van der Waals surface area contributed by atoms with Crippen molar-refractivity contribution in [3.8, 4) is 0 Å². The molecule has 0 radical (unpaired) electrons. The highest BCUT2D eigenvalue weighted by atomic mass is 19.1. The summed E-state index contributed by atoms with van der Waals surface area (Å²) in [6, 6.07) is 6.73. The van der Waals surface area contributed by atoms with Crippen LogP contribution in [0.4, 0.5) is 4.39 Å². The van der Waals surface area contributed by atoms with E-state index in [1.165, 1.54) is 12.1 Å². The highest BCUT2D eigenvalue weighted by Crippen LogP contribution is 2.17. The zero-order valence-electron chi connectivity index (χ0n) is 8.13. The molecule has 2 nitrogen and oxygen atoms in total. The lowest BCUT2D eigenvalue weighted by molar-refractivity contribution is 0.609. The van der Waals surface area contributed by atoms with Gasteiger partial charge in [0.15, 0.2) is 0 Å². The van der Waals surface area contributed by atoms with E-state index < -0.39 is 0 Å². The summed E-state index contributed by atoms with van der Waals surface area (Å²) in [7, 11) is 0. The van der Waals surface area contributed by atoms with E-state index in [-0.39, 0.29) is 11.9 Å². The summed E-state index contributed by atoms with van der Waals surface area (Å²) < 4.78 is 12.7. The van der Waals surface area contributed by atoms with Crippen LogP contribution in [0.15, 0.2) is 29.3 Å². The van der Waals surface area contributed by atoms with Gasteiger partial charge in [0.2, 0.25) is 0 Å². The number of halogens is 1. The molecule has 1 aliphatic heterocycles. The SMILES string of the molecule is CC1=NCCN[C@@H]1c1ccc(F)cc1. The number of aliphatic imine (C=N–C) groups is 1. The van der Waals surface area contributed by atoms with E-state index in [4.69, 9.17) is 0 Å². The molecule has 0 unspecified atom stereocenters. The molecule has 0 saturated carbocycles. The van der Waals surface area contributed by atoms with Gasteiger partial charge in [-0.25, -0.2) is 4.39 Å². The Balaban J connectivity index is 2.26. The van der Waals surface area contributed by atoms with Gasteiger partial charge in [0.1, 0.15) is 5.82 Å². The van der Waals surface area contributed by atoms with Gasteiger partial charge in [-0.3, -0.25) is 4.99 Å². The van der Waals surface area contributed by atoms with Crippen LogP contribution < -0.4 is 5.32 Å². The molecule has 0 saturated heterocycles. The fourth-order valence-corrected chi connectivity index (χ4v) is 1.69. The first kappa shape index (κ1) is 9.34. The summed E-state index contributed by atoms with van der Waals surface area (Å²) >= 11 is 0. The quantitative estimate of drug-likeness (QED) is 0.722. The van der Waals surface area contributed by atoms with Gasteiger partial charge in [-0.2, -0.15) is 0 Å². The number of nitrogens with zero attached hydrogens (tertiary/aromatic N) is 1. The van der Waals surface area contributed by atoms with E-state index in [9.17, 15) is 4.39 Å². The topological polar surface area (TPSA) is 24.4 Å². The van der Waals surface area contributed by atoms with Crippen LogP contribution in [0, 0.1) is 5.82 Å². The lowest BCUT2D eigenvalue weighted by Gasteiger charge is -2.22. The molecular weight excluding hydrogens is 179 g/mol. The van der Waals surface area contributed by atoms with Crippen molar-refractivity contribution in [2.75, 3.05) is 13.1 Å². The molecule has 1 aliphatic rings. The van der Waals surface area contributed by atoms with Crippen LogP contribution in [0.3, 0.4) is 0 Å².